The molecule has 2 aromatic heterocycles. The molecule has 28 heavy (non-hydrogen) atoms. The van der Waals surface area contributed by atoms with Crippen LogP contribution in [0.15, 0.2) is 57.7 Å². The zero-order chi connectivity index (χ0) is 20.1. The topological polar surface area (TPSA) is 144 Å². The molecule has 0 bridgehead atoms. The number of benzene rings is 1. The highest BCUT2D eigenvalue weighted by atomic mass is 16.4. The van der Waals surface area contributed by atoms with Crippen LogP contribution >= 0.6 is 0 Å². The number of amides is 3. The van der Waals surface area contributed by atoms with Crippen LogP contribution in [-0.2, 0) is 0 Å². The smallest absolute Gasteiger partial charge is 0.344 e. The number of hydrogen-bond donors (Lipinski definition) is 3. The fourth-order valence-electron chi connectivity index (χ4n) is 2.47. The van der Waals surface area contributed by atoms with E-state index in [1.54, 1.807) is 24.3 Å². The fraction of sp³-hybridized carbons (Fsp3) is 0.105. The highest BCUT2D eigenvalue weighted by Gasteiger charge is 2.13. The van der Waals surface area contributed by atoms with Crippen LogP contribution in [0.2, 0.25) is 0 Å². The van der Waals surface area contributed by atoms with Gasteiger partial charge in [-0.3, -0.25) is 14.4 Å². The molecule has 3 rings (SSSR count). The molecule has 2 heterocycles. The minimum Gasteiger partial charge on any atom is -0.417 e. The summed E-state index contributed by atoms with van der Waals surface area (Å²) in [5.74, 6) is -1.95. The Morgan fingerprint density at radius 2 is 1.61 bits per heavy atom. The number of carbonyl (C=O) groups is 3. The van der Waals surface area contributed by atoms with Gasteiger partial charge in [0.05, 0.1) is 5.39 Å². The summed E-state index contributed by atoms with van der Waals surface area (Å²) in [6.45, 7) is 0.196. The van der Waals surface area contributed by atoms with Crippen molar-refractivity contribution in [3.8, 4) is 0 Å². The number of primary amides is 1. The molecule has 0 aliphatic heterocycles. The predicted molar refractivity (Wildman–Crippen MR) is 99.9 cm³/mol. The van der Waals surface area contributed by atoms with Crippen LogP contribution < -0.4 is 22.0 Å². The number of carbonyl (C=O) groups excluding carboxylic acids is 3. The first-order chi connectivity index (χ1) is 13.5. The van der Waals surface area contributed by atoms with Gasteiger partial charge in [0.25, 0.3) is 17.7 Å². The lowest BCUT2D eigenvalue weighted by atomic mass is 10.1. The van der Waals surface area contributed by atoms with E-state index in [1.165, 1.54) is 24.3 Å². The van der Waals surface area contributed by atoms with Crippen LogP contribution in [0, 0.1) is 0 Å². The lowest BCUT2D eigenvalue weighted by molar-refractivity contribution is 0.0905. The normalized spacial score (nSPS) is 10.4. The van der Waals surface area contributed by atoms with Crippen LogP contribution in [0.4, 0.5) is 0 Å². The molecule has 9 heteroatoms. The Morgan fingerprint density at radius 3 is 2.36 bits per heavy atom. The third kappa shape index (κ3) is 4.21. The van der Waals surface area contributed by atoms with Gasteiger partial charge in [-0.1, -0.05) is 24.3 Å². The van der Waals surface area contributed by atoms with Crippen molar-refractivity contribution in [1.82, 2.24) is 15.6 Å². The number of pyridine rings is 1. The first-order valence-electron chi connectivity index (χ1n) is 8.32. The van der Waals surface area contributed by atoms with Crippen molar-refractivity contribution in [3.63, 3.8) is 0 Å². The zero-order valence-corrected chi connectivity index (χ0v) is 14.6. The summed E-state index contributed by atoms with van der Waals surface area (Å²) in [6, 6.07) is 12.6. The van der Waals surface area contributed by atoms with Crippen molar-refractivity contribution >= 4 is 28.5 Å². The summed E-state index contributed by atoms with van der Waals surface area (Å²) in [7, 11) is 0. The van der Waals surface area contributed by atoms with Crippen LogP contribution in [-0.4, -0.2) is 35.8 Å². The Bertz CT molecular complexity index is 1120. The van der Waals surface area contributed by atoms with Gasteiger partial charge < -0.3 is 20.8 Å². The number of nitrogens with zero attached hydrogens (tertiary/aromatic N) is 1. The van der Waals surface area contributed by atoms with Gasteiger partial charge >= 0.3 is 5.63 Å². The van der Waals surface area contributed by atoms with E-state index in [1.807, 2.05) is 0 Å². The van der Waals surface area contributed by atoms with E-state index in [-0.39, 0.29) is 30.2 Å². The molecular formula is C19H16N4O5. The van der Waals surface area contributed by atoms with E-state index in [2.05, 4.69) is 15.6 Å². The number of rotatable bonds is 6. The third-order valence-corrected chi connectivity index (χ3v) is 3.82. The molecular weight excluding hydrogens is 364 g/mol. The van der Waals surface area contributed by atoms with E-state index < -0.39 is 23.3 Å². The van der Waals surface area contributed by atoms with Crippen LogP contribution in [0.25, 0.3) is 10.8 Å². The molecule has 0 aliphatic rings. The quantitative estimate of drug-likeness (QED) is 0.530. The molecule has 0 saturated heterocycles. The van der Waals surface area contributed by atoms with E-state index in [0.29, 0.717) is 10.8 Å². The first-order valence-corrected chi connectivity index (χ1v) is 8.32. The van der Waals surface area contributed by atoms with Gasteiger partial charge in [0.2, 0.25) is 0 Å². The van der Waals surface area contributed by atoms with Crippen LogP contribution in [0.5, 0.6) is 0 Å². The molecule has 0 fully saturated rings. The third-order valence-electron chi connectivity index (χ3n) is 3.82. The summed E-state index contributed by atoms with van der Waals surface area (Å²) >= 11 is 0. The minimum absolute atomic E-state index is 0.0210. The monoisotopic (exact) mass is 380 g/mol. The largest absolute Gasteiger partial charge is 0.417 e. The molecule has 142 valence electrons. The molecule has 9 nitrogen and oxygen atoms in total. The molecule has 3 amide bonds. The second kappa shape index (κ2) is 8.12. The molecule has 1 aromatic carbocycles. The average Bonchev–Trinajstić information content (AvgIpc) is 2.71. The zero-order valence-electron chi connectivity index (χ0n) is 14.6. The molecule has 0 aliphatic carbocycles. The number of nitrogens with two attached hydrogens (primary N) is 1. The van der Waals surface area contributed by atoms with Crippen LogP contribution in [0.1, 0.15) is 31.5 Å². The van der Waals surface area contributed by atoms with Crippen molar-refractivity contribution in [1.29, 1.82) is 0 Å². The molecule has 4 N–H and O–H groups in total. The molecule has 0 spiro atoms. The van der Waals surface area contributed by atoms with E-state index in [9.17, 15) is 19.2 Å². The first kappa shape index (κ1) is 18.8. The highest BCUT2D eigenvalue weighted by molar-refractivity contribution is 5.96. The summed E-state index contributed by atoms with van der Waals surface area (Å²) in [5, 5.41) is 6.08. The van der Waals surface area contributed by atoms with Gasteiger partial charge in [0, 0.05) is 13.1 Å². The van der Waals surface area contributed by atoms with Gasteiger partial charge in [-0.05, 0) is 29.7 Å². The maximum absolute atomic E-state index is 12.2. The maximum Gasteiger partial charge on any atom is 0.344 e. The summed E-state index contributed by atoms with van der Waals surface area (Å²) in [5.41, 5.74) is 4.54. The minimum atomic E-state index is -0.737. The van der Waals surface area contributed by atoms with Gasteiger partial charge in [0.1, 0.15) is 11.4 Å². The highest BCUT2D eigenvalue weighted by Crippen LogP contribution is 2.11. The number of aromatic nitrogens is 1. The summed E-state index contributed by atoms with van der Waals surface area (Å²) in [4.78, 5) is 51.0. The van der Waals surface area contributed by atoms with E-state index in [0.717, 1.165) is 0 Å². The van der Waals surface area contributed by atoms with Crippen LogP contribution in [0.3, 0.4) is 0 Å². The fourth-order valence-corrected chi connectivity index (χ4v) is 2.47. The SMILES string of the molecule is NC(=O)c1cccc(C(=O)NCCNC(=O)c2cc3ccccc3c(=O)o2)n1. The molecule has 0 saturated carbocycles. The standard InChI is InChI=1S/C19H16N4O5/c20-16(24)13-6-3-7-14(23-13)17(25)21-8-9-22-18(26)15-10-11-4-1-2-5-12(11)19(27)28-15/h1-7,10H,8-9H2,(H2,20,24)(H,21,25)(H,22,26). The Labute approximate surface area is 158 Å². The van der Waals surface area contributed by atoms with E-state index in [4.69, 9.17) is 10.2 Å². The molecule has 0 atom stereocenters. The van der Waals surface area contributed by atoms with Crippen molar-refractivity contribution in [2.75, 3.05) is 13.1 Å². The molecule has 3 aromatic rings. The Morgan fingerprint density at radius 1 is 0.929 bits per heavy atom. The van der Waals surface area contributed by atoms with Crippen molar-refractivity contribution in [2.45, 2.75) is 0 Å². The maximum atomic E-state index is 12.2. The number of fused-ring (bicyclic) bond motifs is 1. The summed E-state index contributed by atoms with van der Waals surface area (Å²) in [6.07, 6.45) is 0. The second-order valence-corrected chi connectivity index (χ2v) is 5.77. The second-order valence-electron chi connectivity index (χ2n) is 5.77. The van der Waals surface area contributed by atoms with Gasteiger partial charge in [0.15, 0.2) is 5.76 Å². The van der Waals surface area contributed by atoms with Gasteiger partial charge in [-0.25, -0.2) is 9.78 Å². The lowest BCUT2D eigenvalue weighted by Gasteiger charge is -2.07. The predicted octanol–water partition coefficient (Wildman–Crippen LogP) is 0.447. The lowest BCUT2D eigenvalue weighted by Crippen LogP contribution is -2.35. The Kier molecular flexibility index (Phi) is 5.45. The molecule has 0 unspecified atom stereocenters. The van der Waals surface area contributed by atoms with Gasteiger partial charge in [-0.2, -0.15) is 0 Å². The Balaban J connectivity index is 1.56. The molecule has 0 radical (unpaired) electrons. The Hall–Kier alpha value is -4.01. The summed E-state index contributed by atoms with van der Waals surface area (Å²) < 4.78 is 5.03. The van der Waals surface area contributed by atoms with Gasteiger partial charge in [-0.15, -0.1) is 0 Å². The average molecular weight is 380 g/mol. The van der Waals surface area contributed by atoms with Crippen molar-refractivity contribution in [2.24, 2.45) is 5.73 Å². The van der Waals surface area contributed by atoms with Crippen molar-refractivity contribution < 1.29 is 18.8 Å². The van der Waals surface area contributed by atoms with E-state index >= 15 is 0 Å². The number of nitrogens with one attached hydrogen (secondary N) is 2. The number of hydrogen-bond acceptors (Lipinski definition) is 6. The van der Waals surface area contributed by atoms with Crippen molar-refractivity contribution in [3.05, 3.63) is 76.1 Å².